The molecule has 0 aliphatic rings. The van der Waals surface area contributed by atoms with Crippen LogP contribution in [0.25, 0.3) is 21.5 Å². The van der Waals surface area contributed by atoms with Crippen molar-refractivity contribution in [2.24, 2.45) is 0 Å². The fraction of sp³-hybridized carbons (Fsp3) is 0.250. The largest absolute Gasteiger partial charge is 2.00 e. The van der Waals surface area contributed by atoms with E-state index in [1.165, 1.54) is 58.4 Å². The topological polar surface area (TPSA) is 0 Å². The summed E-state index contributed by atoms with van der Waals surface area (Å²) >= 11 is 0. The average molecular weight is 479 g/mol. The van der Waals surface area contributed by atoms with Crippen molar-refractivity contribution in [3.8, 4) is 0 Å². The normalized spacial score (nSPS) is 9.56. The first kappa shape index (κ1) is 26.1. The minimum absolute atomic E-state index is 0. The predicted molar refractivity (Wildman–Crippen MR) is 122 cm³/mol. The number of aryl methyl sites for hydroxylation is 2. The Morgan fingerprint density at radius 1 is 0.593 bits per heavy atom. The summed E-state index contributed by atoms with van der Waals surface area (Å²) < 4.78 is 0. The molecule has 0 unspecified atom stereocenters. The molecule has 142 valence electrons. The van der Waals surface area contributed by atoms with Crippen molar-refractivity contribution < 1.29 is 26.2 Å². The maximum Gasteiger partial charge on any atom is 2.00 e. The van der Waals surface area contributed by atoms with E-state index in [0.29, 0.717) is 0 Å². The molecule has 0 saturated carbocycles. The van der Waals surface area contributed by atoms with Gasteiger partial charge in [-0.05, 0) is 0 Å². The van der Waals surface area contributed by atoms with Gasteiger partial charge in [-0.1, -0.05) is 51.7 Å². The van der Waals surface area contributed by atoms with Crippen LogP contribution in [-0.2, 0) is 39.0 Å². The molecule has 4 aromatic carbocycles. The molecule has 0 bridgehead atoms. The second kappa shape index (κ2) is 13.3. The van der Waals surface area contributed by atoms with E-state index >= 15 is 0 Å². The summed E-state index contributed by atoms with van der Waals surface area (Å²) in [5, 5.41) is 5.61. The molecule has 0 aliphatic carbocycles. The van der Waals surface area contributed by atoms with E-state index in [2.05, 4.69) is 86.6 Å². The third kappa shape index (κ3) is 6.60. The van der Waals surface area contributed by atoms with Crippen LogP contribution in [0.3, 0.4) is 0 Å². The van der Waals surface area contributed by atoms with Crippen LogP contribution in [0.15, 0.2) is 72.8 Å². The summed E-state index contributed by atoms with van der Waals surface area (Å²) in [6.45, 7) is 4.45. The minimum atomic E-state index is 0. The van der Waals surface area contributed by atoms with E-state index in [0.717, 1.165) is 0 Å². The summed E-state index contributed by atoms with van der Waals surface area (Å²) in [4.78, 5) is 0. The summed E-state index contributed by atoms with van der Waals surface area (Å²) in [6.07, 6.45) is 4.86. The van der Waals surface area contributed by atoms with Crippen molar-refractivity contribution in [1.29, 1.82) is 0 Å². The number of halogens is 2. The molecule has 0 fully saturated rings. The zero-order valence-corrected chi connectivity index (χ0v) is 20.2. The van der Waals surface area contributed by atoms with Crippen LogP contribution in [0.2, 0.25) is 0 Å². The van der Waals surface area contributed by atoms with Gasteiger partial charge in [-0.2, -0.15) is 12.1 Å². The Morgan fingerprint density at radius 3 is 1.33 bits per heavy atom. The van der Waals surface area contributed by atoms with Gasteiger partial charge in [0.25, 0.3) is 0 Å². The van der Waals surface area contributed by atoms with E-state index in [9.17, 15) is 0 Å². The van der Waals surface area contributed by atoms with E-state index in [1.807, 2.05) is 0 Å². The number of hydrogen-bond donors (Lipinski definition) is 0. The van der Waals surface area contributed by atoms with Gasteiger partial charge in [-0.25, -0.2) is 0 Å². The number of benzene rings is 2. The van der Waals surface area contributed by atoms with Crippen molar-refractivity contribution in [1.82, 2.24) is 0 Å². The fourth-order valence-electron chi connectivity index (χ4n) is 3.40. The van der Waals surface area contributed by atoms with E-state index in [1.54, 1.807) is 0 Å². The van der Waals surface area contributed by atoms with Gasteiger partial charge >= 0.3 is 26.2 Å². The standard InChI is InChI=1S/2C12H13.2ClH.Zr/c2*1-2-5-10-8-9-11-6-3-4-7-12(10)11;;;/h2*3-4,6-9H,2,5H2,1H3;2*1H;/q2*-1;;;+2. The van der Waals surface area contributed by atoms with Gasteiger partial charge in [-0.15, -0.1) is 106 Å². The van der Waals surface area contributed by atoms with Crippen LogP contribution < -0.4 is 0 Å². The smallest absolute Gasteiger partial charge is 0.168 e. The Bertz CT molecular complexity index is 829. The second-order valence-electron chi connectivity index (χ2n) is 6.39. The fourth-order valence-corrected chi connectivity index (χ4v) is 3.40. The van der Waals surface area contributed by atoms with Crippen LogP contribution in [0, 0.1) is 0 Å². The van der Waals surface area contributed by atoms with Gasteiger partial charge in [-0.3, -0.25) is 0 Å². The van der Waals surface area contributed by atoms with Crippen LogP contribution in [-0.4, -0.2) is 0 Å². The molecule has 0 heterocycles. The molecule has 4 rings (SSSR count). The molecular weight excluding hydrogens is 450 g/mol. The Labute approximate surface area is 195 Å². The van der Waals surface area contributed by atoms with Crippen molar-refractivity contribution in [2.75, 3.05) is 0 Å². The van der Waals surface area contributed by atoms with Crippen molar-refractivity contribution in [3.05, 3.63) is 83.9 Å². The Kier molecular flexibility index (Phi) is 12.9. The number of fused-ring (bicyclic) bond motifs is 2. The minimum Gasteiger partial charge on any atom is -0.168 e. The predicted octanol–water partition coefficient (Wildman–Crippen LogP) is 7.86. The Hall–Kier alpha value is -0.877. The molecule has 0 aliphatic heterocycles. The average Bonchev–Trinajstić information content (AvgIpc) is 3.22. The van der Waals surface area contributed by atoms with Gasteiger partial charge in [0.15, 0.2) is 0 Å². The molecule has 0 amide bonds. The monoisotopic (exact) mass is 476 g/mol. The second-order valence-corrected chi connectivity index (χ2v) is 6.39. The molecule has 0 nitrogen and oxygen atoms in total. The Morgan fingerprint density at radius 2 is 0.963 bits per heavy atom. The molecule has 0 radical (unpaired) electrons. The first-order valence-corrected chi connectivity index (χ1v) is 9.10. The summed E-state index contributed by atoms with van der Waals surface area (Å²) in [5.41, 5.74) is 2.99. The summed E-state index contributed by atoms with van der Waals surface area (Å²) in [5.74, 6) is 0. The first-order valence-electron chi connectivity index (χ1n) is 9.10. The molecule has 4 aromatic rings. The molecule has 0 saturated heterocycles. The third-order valence-corrected chi connectivity index (χ3v) is 4.58. The quantitative estimate of drug-likeness (QED) is 0.262. The molecular formula is C24H28Cl2Zr. The first-order chi connectivity index (χ1) is 11.8. The zero-order valence-electron chi connectivity index (χ0n) is 16.1. The summed E-state index contributed by atoms with van der Waals surface area (Å²) in [6, 6.07) is 26.1. The molecule has 27 heavy (non-hydrogen) atoms. The van der Waals surface area contributed by atoms with E-state index in [4.69, 9.17) is 0 Å². The van der Waals surface area contributed by atoms with Crippen LogP contribution in [0.1, 0.15) is 37.8 Å². The van der Waals surface area contributed by atoms with E-state index < -0.39 is 0 Å². The zero-order chi connectivity index (χ0) is 16.8. The molecule has 3 heteroatoms. The number of hydrogen-bond acceptors (Lipinski definition) is 0. The van der Waals surface area contributed by atoms with E-state index in [-0.39, 0.29) is 51.0 Å². The molecule has 0 spiro atoms. The van der Waals surface area contributed by atoms with Crippen molar-refractivity contribution in [3.63, 3.8) is 0 Å². The van der Waals surface area contributed by atoms with Gasteiger partial charge in [0, 0.05) is 0 Å². The van der Waals surface area contributed by atoms with Crippen LogP contribution in [0.5, 0.6) is 0 Å². The van der Waals surface area contributed by atoms with Gasteiger partial charge in [0.05, 0.1) is 0 Å². The van der Waals surface area contributed by atoms with Gasteiger partial charge < -0.3 is 0 Å². The third-order valence-electron chi connectivity index (χ3n) is 4.58. The van der Waals surface area contributed by atoms with Gasteiger partial charge in [0.2, 0.25) is 0 Å². The molecule has 0 N–H and O–H groups in total. The Balaban J connectivity index is 0.000000451. The maximum atomic E-state index is 2.24. The van der Waals surface area contributed by atoms with Crippen molar-refractivity contribution in [2.45, 2.75) is 39.5 Å². The van der Waals surface area contributed by atoms with Crippen LogP contribution >= 0.6 is 24.8 Å². The SMILES string of the molecule is CCC[c-]1ccc2ccccc21.CCC[c-]1ccc2ccccc21.Cl.Cl.[Zr+2]. The van der Waals surface area contributed by atoms with Crippen LogP contribution in [0.4, 0.5) is 0 Å². The maximum absolute atomic E-state index is 2.24. The molecule has 0 aromatic heterocycles. The van der Waals surface area contributed by atoms with Crippen molar-refractivity contribution >= 4 is 46.4 Å². The molecule has 0 atom stereocenters. The summed E-state index contributed by atoms with van der Waals surface area (Å²) in [7, 11) is 0. The number of rotatable bonds is 4. The van der Waals surface area contributed by atoms with Gasteiger partial charge in [0.1, 0.15) is 0 Å².